The predicted octanol–water partition coefficient (Wildman–Crippen LogP) is 2.80. The number of sulfone groups is 1. The molecule has 2 aromatic rings. The molecule has 22 heavy (non-hydrogen) atoms. The van der Waals surface area contributed by atoms with E-state index in [0.29, 0.717) is 4.90 Å². The van der Waals surface area contributed by atoms with E-state index < -0.39 is 15.1 Å². The van der Waals surface area contributed by atoms with Gasteiger partial charge in [0, 0.05) is 18.4 Å². The zero-order chi connectivity index (χ0) is 15.7. The van der Waals surface area contributed by atoms with Crippen LogP contribution in [0, 0.1) is 5.92 Å². The third-order valence-corrected chi connectivity index (χ3v) is 6.80. The fourth-order valence-corrected chi connectivity index (χ4v) is 5.38. The summed E-state index contributed by atoms with van der Waals surface area (Å²) in [6.07, 6.45) is 0.958. The van der Waals surface area contributed by atoms with Crippen LogP contribution in [0.5, 0.6) is 0 Å². The molecule has 0 heterocycles. The van der Waals surface area contributed by atoms with Gasteiger partial charge in [0.2, 0.25) is 0 Å². The average Bonchev–Trinajstić information content (AvgIpc) is 3.31. The molecule has 0 aliphatic heterocycles. The Morgan fingerprint density at radius 2 is 1.64 bits per heavy atom. The smallest absolute Gasteiger partial charge is 0.182 e. The fraction of sp³-hybridized carbons (Fsp3) is 0.333. The lowest BCUT2D eigenvalue weighted by Gasteiger charge is -2.04. The molecule has 1 saturated carbocycles. The quantitative estimate of drug-likeness (QED) is 0.923. The Labute approximate surface area is 131 Å². The summed E-state index contributed by atoms with van der Waals surface area (Å²) >= 11 is 0. The van der Waals surface area contributed by atoms with Gasteiger partial charge in [-0.2, -0.15) is 0 Å². The van der Waals surface area contributed by atoms with Gasteiger partial charge in [-0.1, -0.05) is 49.4 Å². The molecule has 1 N–H and O–H groups in total. The molecule has 0 amide bonds. The molecule has 0 aromatic heterocycles. The number of rotatable bonds is 5. The first kappa shape index (κ1) is 15.3. The van der Waals surface area contributed by atoms with E-state index in [9.17, 15) is 13.5 Å². The van der Waals surface area contributed by atoms with Crippen molar-refractivity contribution in [3.8, 4) is 0 Å². The number of hydrogen-bond donors (Lipinski definition) is 1. The van der Waals surface area contributed by atoms with E-state index in [-0.39, 0.29) is 18.4 Å². The molecular formula is C18H20O3S. The summed E-state index contributed by atoms with van der Waals surface area (Å²) in [6.45, 7) is 1.99. The molecule has 0 unspecified atom stereocenters. The number of aryl methyl sites for hydroxylation is 1. The maximum absolute atomic E-state index is 12.8. The van der Waals surface area contributed by atoms with E-state index in [2.05, 4.69) is 6.92 Å². The average molecular weight is 316 g/mol. The Bertz CT molecular complexity index is 736. The van der Waals surface area contributed by atoms with Gasteiger partial charge in [-0.05, 0) is 29.7 Å². The third-order valence-electron chi connectivity index (χ3n) is 4.51. The van der Waals surface area contributed by atoms with Gasteiger partial charge in [-0.15, -0.1) is 0 Å². The van der Waals surface area contributed by atoms with E-state index >= 15 is 0 Å². The third kappa shape index (κ3) is 2.57. The van der Waals surface area contributed by atoms with Crippen LogP contribution in [0.1, 0.15) is 24.0 Å². The highest BCUT2D eigenvalue weighted by Crippen LogP contribution is 2.53. The lowest BCUT2D eigenvalue weighted by atomic mass is 10.1. The van der Waals surface area contributed by atoms with E-state index in [1.54, 1.807) is 30.3 Å². The molecule has 0 saturated heterocycles. The first-order valence-corrected chi connectivity index (χ1v) is 9.13. The lowest BCUT2D eigenvalue weighted by molar-refractivity contribution is 0.274. The van der Waals surface area contributed by atoms with E-state index in [1.807, 2.05) is 24.3 Å². The maximum Gasteiger partial charge on any atom is 0.182 e. The molecule has 0 spiro atoms. The first-order chi connectivity index (χ1) is 10.6. The summed E-state index contributed by atoms with van der Waals surface area (Å²) in [6, 6.07) is 16.6. The van der Waals surface area contributed by atoms with Gasteiger partial charge in [-0.3, -0.25) is 0 Å². The monoisotopic (exact) mass is 316 g/mol. The molecule has 2 aromatic carbocycles. The van der Waals surface area contributed by atoms with Crippen LogP contribution in [0.3, 0.4) is 0 Å². The minimum atomic E-state index is -3.40. The highest BCUT2D eigenvalue weighted by atomic mass is 32.2. The molecule has 0 bridgehead atoms. The normalized spacial score (nSPS) is 24.2. The van der Waals surface area contributed by atoms with Gasteiger partial charge >= 0.3 is 0 Å². The fourth-order valence-electron chi connectivity index (χ4n) is 3.16. The summed E-state index contributed by atoms with van der Waals surface area (Å²) in [5.74, 6) is -0.321. The number of hydrogen-bond acceptors (Lipinski definition) is 3. The van der Waals surface area contributed by atoms with Gasteiger partial charge in [0.15, 0.2) is 9.84 Å². The van der Waals surface area contributed by atoms with Crippen molar-refractivity contribution in [1.82, 2.24) is 0 Å². The van der Waals surface area contributed by atoms with E-state index in [4.69, 9.17) is 0 Å². The van der Waals surface area contributed by atoms with E-state index in [0.717, 1.165) is 12.0 Å². The van der Waals surface area contributed by atoms with Gasteiger partial charge in [0.25, 0.3) is 0 Å². The summed E-state index contributed by atoms with van der Waals surface area (Å²) in [5, 5.41) is 9.03. The van der Waals surface area contributed by atoms with Gasteiger partial charge in [0.05, 0.1) is 10.1 Å². The van der Waals surface area contributed by atoms with Crippen LogP contribution in [-0.4, -0.2) is 25.4 Å². The molecule has 4 heteroatoms. The van der Waals surface area contributed by atoms with Crippen LogP contribution in [0.2, 0.25) is 0 Å². The standard InChI is InChI=1S/C18H20O3S/c1-2-13-8-10-14(11-9-13)17-16(12-19)18(17)22(20,21)15-6-4-3-5-7-15/h3-11,16-19H,2,12H2,1H3/t16-,17+,18+/m1/s1. The largest absolute Gasteiger partial charge is 0.396 e. The second-order valence-corrected chi connectivity index (χ2v) is 7.90. The van der Waals surface area contributed by atoms with Crippen molar-refractivity contribution in [2.24, 2.45) is 5.92 Å². The zero-order valence-corrected chi connectivity index (χ0v) is 13.3. The molecule has 3 atom stereocenters. The molecule has 1 fully saturated rings. The molecule has 116 valence electrons. The number of aliphatic hydroxyl groups is 1. The van der Waals surface area contributed by atoms with Crippen molar-refractivity contribution < 1.29 is 13.5 Å². The summed E-state index contributed by atoms with van der Waals surface area (Å²) in [7, 11) is -3.40. The van der Waals surface area contributed by atoms with Crippen LogP contribution in [0.25, 0.3) is 0 Å². The second-order valence-electron chi connectivity index (χ2n) is 5.79. The lowest BCUT2D eigenvalue weighted by Crippen LogP contribution is -2.11. The minimum Gasteiger partial charge on any atom is -0.396 e. The maximum atomic E-state index is 12.8. The van der Waals surface area contributed by atoms with E-state index in [1.165, 1.54) is 5.56 Å². The number of benzene rings is 2. The van der Waals surface area contributed by atoms with Crippen LogP contribution >= 0.6 is 0 Å². The molecular weight excluding hydrogens is 296 g/mol. The second kappa shape index (κ2) is 5.86. The van der Waals surface area contributed by atoms with Crippen molar-refractivity contribution in [3.05, 3.63) is 65.7 Å². The first-order valence-electron chi connectivity index (χ1n) is 7.58. The van der Waals surface area contributed by atoms with Gasteiger partial charge < -0.3 is 5.11 Å². The topological polar surface area (TPSA) is 54.4 Å². The van der Waals surface area contributed by atoms with Crippen molar-refractivity contribution in [2.75, 3.05) is 6.61 Å². The van der Waals surface area contributed by atoms with Crippen LogP contribution in [-0.2, 0) is 16.3 Å². The zero-order valence-electron chi connectivity index (χ0n) is 12.5. The predicted molar refractivity (Wildman–Crippen MR) is 86.6 cm³/mol. The van der Waals surface area contributed by atoms with Gasteiger partial charge in [-0.25, -0.2) is 8.42 Å². The Kier molecular flexibility index (Phi) is 4.06. The van der Waals surface area contributed by atoms with Gasteiger partial charge in [0.1, 0.15) is 0 Å². The Morgan fingerprint density at radius 1 is 1.00 bits per heavy atom. The molecule has 0 radical (unpaired) electrons. The minimum absolute atomic E-state index is 0.100. The Morgan fingerprint density at radius 3 is 2.18 bits per heavy atom. The summed E-state index contributed by atoms with van der Waals surface area (Å²) < 4.78 is 25.5. The van der Waals surface area contributed by atoms with Crippen molar-refractivity contribution in [1.29, 1.82) is 0 Å². The Hall–Kier alpha value is -1.65. The van der Waals surface area contributed by atoms with Crippen molar-refractivity contribution >= 4 is 9.84 Å². The van der Waals surface area contributed by atoms with Crippen LogP contribution in [0.4, 0.5) is 0 Å². The van der Waals surface area contributed by atoms with Crippen molar-refractivity contribution in [2.45, 2.75) is 29.4 Å². The molecule has 1 aliphatic rings. The Balaban J connectivity index is 1.91. The molecule has 3 nitrogen and oxygen atoms in total. The summed E-state index contributed by atoms with van der Waals surface area (Å²) in [4.78, 5) is 0.339. The number of aliphatic hydroxyl groups excluding tert-OH is 1. The van der Waals surface area contributed by atoms with Crippen LogP contribution < -0.4 is 0 Å². The van der Waals surface area contributed by atoms with Crippen molar-refractivity contribution in [3.63, 3.8) is 0 Å². The molecule has 3 rings (SSSR count). The highest BCUT2D eigenvalue weighted by Gasteiger charge is 2.58. The highest BCUT2D eigenvalue weighted by molar-refractivity contribution is 7.92. The summed E-state index contributed by atoms with van der Waals surface area (Å²) in [5.41, 5.74) is 2.23. The SMILES string of the molecule is CCc1ccc([C@H]2[C@@H](CO)[C@@H]2S(=O)(=O)c2ccccc2)cc1. The molecule has 1 aliphatic carbocycles. The van der Waals surface area contributed by atoms with Crippen LogP contribution in [0.15, 0.2) is 59.5 Å².